The summed E-state index contributed by atoms with van der Waals surface area (Å²) in [4.78, 5) is 15.1. The summed E-state index contributed by atoms with van der Waals surface area (Å²) in [6.07, 6.45) is 3.62. The zero-order chi connectivity index (χ0) is 15.4. The zero-order valence-corrected chi connectivity index (χ0v) is 13.6. The van der Waals surface area contributed by atoms with Crippen LogP contribution in [-0.2, 0) is 0 Å². The van der Waals surface area contributed by atoms with Gasteiger partial charge in [-0.15, -0.1) is 0 Å². The summed E-state index contributed by atoms with van der Waals surface area (Å²) in [7, 11) is 1.64. The Kier molecular flexibility index (Phi) is 5.40. The van der Waals surface area contributed by atoms with Crippen molar-refractivity contribution < 1.29 is 9.53 Å². The first kappa shape index (κ1) is 16.0. The van der Waals surface area contributed by atoms with Gasteiger partial charge in [-0.05, 0) is 62.9 Å². The van der Waals surface area contributed by atoms with Crippen LogP contribution in [0.5, 0.6) is 5.75 Å². The molecule has 1 aromatic rings. The van der Waals surface area contributed by atoms with E-state index in [4.69, 9.17) is 4.74 Å². The van der Waals surface area contributed by atoms with Gasteiger partial charge < -0.3 is 4.74 Å². The summed E-state index contributed by atoms with van der Waals surface area (Å²) in [5.41, 5.74) is 0.776. The summed E-state index contributed by atoms with van der Waals surface area (Å²) >= 11 is 0. The molecular formula is C18H27NO2. The van der Waals surface area contributed by atoms with E-state index in [0.717, 1.165) is 24.3 Å². The highest BCUT2D eigenvalue weighted by Gasteiger charge is 2.34. The molecule has 0 amide bonds. The van der Waals surface area contributed by atoms with E-state index in [1.54, 1.807) is 7.11 Å². The van der Waals surface area contributed by atoms with Crippen LogP contribution in [0.2, 0.25) is 0 Å². The first-order valence-electron chi connectivity index (χ1n) is 7.97. The molecule has 1 aromatic carbocycles. The Bertz CT molecular complexity index is 463. The number of ketones is 1. The lowest BCUT2D eigenvalue weighted by molar-refractivity contribution is 0.0818. The molecule has 3 nitrogen and oxygen atoms in total. The van der Waals surface area contributed by atoms with Crippen LogP contribution in [0.1, 0.15) is 50.4 Å². The predicted molar refractivity (Wildman–Crippen MR) is 86.0 cm³/mol. The fourth-order valence-electron chi connectivity index (χ4n) is 2.65. The number of rotatable bonds is 8. The van der Waals surface area contributed by atoms with Crippen LogP contribution in [0.4, 0.5) is 0 Å². The number of methoxy groups -OCH3 is 1. The van der Waals surface area contributed by atoms with E-state index >= 15 is 0 Å². The Balaban J connectivity index is 2.04. The summed E-state index contributed by atoms with van der Waals surface area (Å²) in [6.45, 7) is 7.54. The van der Waals surface area contributed by atoms with E-state index in [-0.39, 0.29) is 11.8 Å². The monoisotopic (exact) mass is 289 g/mol. The number of hydrogen-bond donors (Lipinski definition) is 0. The number of hydrogen-bond acceptors (Lipinski definition) is 3. The van der Waals surface area contributed by atoms with Crippen molar-refractivity contribution in [1.82, 2.24) is 4.90 Å². The summed E-state index contributed by atoms with van der Waals surface area (Å²) in [5, 5.41) is 0. The molecular weight excluding hydrogens is 262 g/mol. The topological polar surface area (TPSA) is 29.5 Å². The standard InChI is InChI=1S/C18H27NO2/c1-13(2)11-12-19(16-7-8-16)14(3)18(20)15-5-9-17(21-4)10-6-15/h5-6,9-10,13-14,16H,7-8,11-12H2,1-4H3. The minimum atomic E-state index is -0.0374. The highest BCUT2D eigenvalue weighted by molar-refractivity contribution is 6.00. The maximum absolute atomic E-state index is 12.7. The summed E-state index contributed by atoms with van der Waals surface area (Å²) in [5.74, 6) is 1.68. The van der Waals surface area contributed by atoms with Gasteiger partial charge in [-0.25, -0.2) is 0 Å². The van der Waals surface area contributed by atoms with Crippen molar-refractivity contribution in [3.63, 3.8) is 0 Å². The Hall–Kier alpha value is -1.35. The molecule has 0 spiro atoms. The third-order valence-corrected chi connectivity index (χ3v) is 4.23. The first-order chi connectivity index (χ1) is 10.0. The number of Topliss-reactive ketones (excluding diaryl/α,β-unsaturated/α-hetero) is 1. The van der Waals surface area contributed by atoms with Crippen LogP contribution < -0.4 is 4.74 Å². The molecule has 1 fully saturated rings. The Morgan fingerprint density at radius 3 is 2.33 bits per heavy atom. The fourth-order valence-corrected chi connectivity index (χ4v) is 2.65. The van der Waals surface area contributed by atoms with Crippen LogP contribution in [-0.4, -0.2) is 36.4 Å². The number of ether oxygens (including phenoxy) is 1. The second-order valence-corrected chi connectivity index (χ2v) is 6.42. The molecule has 3 heteroatoms. The van der Waals surface area contributed by atoms with E-state index in [1.807, 2.05) is 31.2 Å². The van der Waals surface area contributed by atoms with Crippen molar-refractivity contribution in [2.75, 3.05) is 13.7 Å². The molecule has 0 saturated heterocycles. The molecule has 1 atom stereocenters. The van der Waals surface area contributed by atoms with E-state index < -0.39 is 0 Å². The molecule has 1 unspecified atom stereocenters. The molecule has 0 N–H and O–H groups in total. The molecule has 116 valence electrons. The molecule has 21 heavy (non-hydrogen) atoms. The van der Waals surface area contributed by atoms with E-state index in [0.29, 0.717) is 12.0 Å². The van der Waals surface area contributed by atoms with Crippen molar-refractivity contribution in [3.8, 4) is 5.75 Å². The molecule has 0 bridgehead atoms. The number of benzene rings is 1. The van der Waals surface area contributed by atoms with Gasteiger partial charge in [0.05, 0.1) is 13.2 Å². The Morgan fingerprint density at radius 1 is 1.24 bits per heavy atom. The van der Waals surface area contributed by atoms with Crippen molar-refractivity contribution >= 4 is 5.78 Å². The van der Waals surface area contributed by atoms with Crippen LogP contribution in [0, 0.1) is 5.92 Å². The van der Waals surface area contributed by atoms with Gasteiger partial charge in [-0.1, -0.05) is 13.8 Å². The lowest BCUT2D eigenvalue weighted by Crippen LogP contribution is -2.41. The molecule has 1 aliphatic carbocycles. The molecule has 2 rings (SSSR count). The van der Waals surface area contributed by atoms with Crippen molar-refractivity contribution in [2.45, 2.75) is 52.1 Å². The van der Waals surface area contributed by atoms with Crippen LogP contribution >= 0.6 is 0 Å². The lowest BCUT2D eigenvalue weighted by Gasteiger charge is -2.29. The van der Waals surface area contributed by atoms with E-state index in [2.05, 4.69) is 18.7 Å². The van der Waals surface area contributed by atoms with Crippen molar-refractivity contribution in [1.29, 1.82) is 0 Å². The van der Waals surface area contributed by atoms with Crippen molar-refractivity contribution in [3.05, 3.63) is 29.8 Å². The Morgan fingerprint density at radius 2 is 1.86 bits per heavy atom. The minimum Gasteiger partial charge on any atom is -0.497 e. The highest BCUT2D eigenvalue weighted by Crippen LogP contribution is 2.30. The third kappa shape index (κ3) is 4.31. The average Bonchev–Trinajstić information content (AvgIpc) is 3.31. The average molecular weight is 289 g/mol. The third-order valence-electron chi connectivity index (χ3n) is 4.23. The molecule has 0 heterocycles. The second-order valence-electron chi connectivity index (χ2n) is 6.42. The van der Waals surface area contributed by atoms with Gasteiger partial charge in [0, 0.05) is 11.6 Å². The normalized spacial score (nSPS) is 16.3. The van der Waals surface area contributed by atoms with Crippen LogP contribution in [0.15, 0.2) is 24.3 Å². The summed E-state index contributed by atoms with van der Waals surface area (Å²) in [6, 6.07) is 8.02. The van der Waals surface area contributed by atoms with Gasteiger partial charge in [0.1, 0.15) is 5.75 Å². The van der Waals surface area contributed by atoms with Gasteiger partial charge in [0.15, 0.2) is 5.78 Å². The molecule has 0 radical (unpaired) electrons. The second kappa shape index (κ2) is 7.08. The lowest BCUT2D eigenvalue weighted by atomic mass is 10.0. The van der Waals surface area contributed by atoms with Gasteiger partial charge in [-0.2, -0.15) is 0 Å². The smallest absolute Gasteiger partial charge is 0.179 e. The molecule has 0 aromatic heterocycles. The maximum atomic E-state index is 12.7. The number of carbonyl (C=O) groups is 1. The van der Waals surface area contributed by atoms with Crippen LogP contribution in [0.25, 0.3) is 0 Å². The predicted octanol–water partition coefficient (Wildman–Crippen LogP) is 3.78. The van der Waals surface area contributed by atoms with Gasteiger partial charge in [0.2, 0.25) is 0 Å². The largest absolute Gasteiger partial charge is 0.497 e. The quantitative estimate of drug-likeness (QED) is 0.682. The van der Waals surface area contributed by atoms with Gasteiger partial charge in [-0.3, -0.25) is 9.69 Å². The number of nitrogens with zero attached hydrogens (tertiary/aromatic N) is 1. The maximum Gasteiger partial charge on any atom is 0.179 e. The fraction of sp³-hybridized carbons (Fsp3) is 0.611. The van der Waals surface area contributed by atoms with Crippen molar-refractivity contribution in [2.24, 2.45) is 5.92 Å². The van der Waals surface area contributed by atoms with Crippen LogP contribution in [0.3, 0.4) is 0 Å². The SMILES string of the molecule is COc1ccc(C(=O)C(C)N(CCC(C)C)C2CC2)cc1. The summed E-state index contributed by atoms with van der Waals surface area (Å²) < 4.78 is 5.15. The zero-order valence-electron chi connectivity index (χ0n) is 13.6. The highest BCUT2D eigenvalue weighted by atomic mass is 16.5. The Labute approximate surface area is 128 Å². The molecule has 1 aliphatic rings. The minimum absolute atomic E-state index is 0.0374. The molecule has 0 aliphatic heterocycles. The van der Waals surface area contributed by atoms with Gasteiger partial charge in [0.25, 0.3) is 0 Å². The van der Waals surface area contributed by atoms with E-state index in [1.165, 1.54) is 12.8 Å². The first-order valence-corrected chi connectivity index (χ1v) is 7.97. The number of carbonyl (C=O) groups excluding carboxylic acids is 1. The van der Waals surface area contributed by atoms with Gasteiger partial charge >= 0.3 is 0 Å². The molecule has 1 saturated carbocycles. The van der Waals surface area contributed by atoms with E-state index in [9.17, 15) is 4.79 Å².